The summed E-state index contributed by atoms with van der Waals surface area (Å²) in [7, 11) is -6.00. The summed E-state index contributed by atoms with van der Waals surface area (Å²) in [6.07, 6.45) is 0.482. The topological polar surface area (TPSA) is 104 Å². The Labute approximate surface area is 202 Å². The number of fused-ring (bicyclic) bond motifs is 1. The van der Waals surface area contributed by atoms with Gasteiger partial charge in [-0.15, -0.1) is 0 Å². The normalized spacial score (nSPS) is 21.4. The molecule has 2 aromatic rings. The number of sulfonamides is 2. The zero-order valence-corrected chi connectivity index (χ0v) is 21.3. The Morgan fingerprint density at radius 1 is 1.18 bits per heavy atom. The average Bonchev–Trinajstić information content (AvgIpc) is 2.79. The van der Waals surface area contributed by atoms with E-state index >= 15 is 0 Å². The molecule has 0 unspecified atom stereocenters. The smallest absolute Gasteiger partial charge is 0.247 e. The van der Waals surface area contributed by atoms with Crippen LogP contribution in [0.4, 0.5) is 0 Å². The number of hydrogen-bond acceptors (Lipinski definition) is 6. The van der Waals surface area contributed by atoms with Crippen molar-refractivity contribution in [3.05, 3.63) is 59.7 Å². The number of likely N-dealkylation sites (N-methyl/N-ethyl adjacent to an activating group) is 1. The SMILES string of the molecule is C[C@H]1CN([C@@H](C)CO)S(=O)(=O)c2ccc(C#Cc3ccccc3)cc2O[C@H]1CN(C)S(C)(=O)=O. The first-order valence-corrected chi connectivity index (χ1v) is 14.1. The molecule has 0 saturated carbocycles. The molecule has 184 valence electrons. The van der Waals surface area contributed by atoms with Crippen molar-refractivity contribution in [1.82, 2.24) is 8.61 Å². The van der Waals surface area contributed by atoms with Crippen molar-refractivity contribution in [2.75, 3.05) is 33.0 Å². The summed E-state index contributed by atoms with van der Waals surface area (Å²) in [6.45, 7) is 3.19. The first kappa shape index (κ1) is 26.2. The lowest BCUT2D eigenvalue weighted by Crippen LogP contribution is -2.50. The summed E-state index contributed by atoms with van der Waals surface area (Å²) in [5.41, 5.74) is 1.37. The molecule has 0 spiro atoms. The molecule has 0 fully saturated rings. The Hall–Kier alpha value is -2.42. The average molecular weight is 507 g/mol. The summed E-state index contributed by atoms with van der Waals surface area (Å²) in [4.78, 5) is -0.0445. The summed E-state index contributed by atoms with van der Waals surface area (Å²) in [6, 6.07) is 13.3. The third kappa shape index (κ3) is 5.98. The van der Waals surface area contributed by atoms with Gasteiger partial charge in [0, 0.05) is 36.7 Å². The number of nitrogens with zero attached hydrogens (tertiary/aromatic N) is 2. The highest BCUT2D eigenvalue weighted by molar-refractivity contribution is 7.89. The summed E-state index contributed by atoms with van der Waals surface area (Å²) >= 11 is 0. The molecule has 34 heavy (non-hydrogen) atoms. The fourth-order valence-electron chi connectivity index (χ4n) is 3.58. The van der Waals surface area contributed by atoms with E-state index in [1.807, 2.05) is 30.3 Å². The van der Waals surface area contributed by atoms with Gasteiger partial charge in [0.25, 0.3) is 0 Å². The molecule has 3 rings (SSSR count). The van der Waals surface area contributed by atoms with Gasteiger partial charge in [0.05, 0.1) is 19.4 Å². The molecule has 10 heteroatoms. The first-order valence-electron chi connectivity index (χ1n) is 10.8. The van der Waals surface area contributed by atoms with E-state index in [4.69, 9.17) is 4.74 Å². The van der Waals surface area contributed by atoms with Crippen LogP contribution >= 0.6 is 0 Å². The Kier molecular flexibility index (Phi) is 8.06. The van der Waals surface area contributed by atoms with E-state index in [0.717, 1.165) is 11.8 Å². The molecular weight excluding hydrogens is 476 g/mol. The van der Waals surface area contributed by atoms with Crippen LogP contribution in [0.25, 0.3) is 0 Å². The molecule has 1 N–H and O–H groups in total. The van der Waals surface area contributed by atoms with Crippen molar-refractivity contribution in [2.45, 2.75) is 30.9 Å². The van der Waals surface area contributed by atoms with Crippen LogP contribution in [0.1, 0.15) is 25.0 Å². The summed E-state index contributed by atoms with van der Waals surface area (Å²) < 4.78 is 59.6. The molecular formula is C24H30N2O6S2. The molecule has 0 saturated heterocycles. The maximum Gasteiger partial charge on any atom is 0.247 e. The number of aliphatic hydroxyl groups excluding tert-OH is 1. The van der Waals surface area contributed by atoms with Gasteiger partial charge < -0.3 is 9.84 Å². The maximum atomic E-state index is 13.5. The number of hydrogen-bond donors (Lipinski definition) is 1. The summed E-state index contributed by atoms with van der Waals surface area (Å²) in [5.74, 6) is 5.81. The summed E-state index contributed by atoms with van der Waals surface area (Å²) in [5, 5.41) is 9.71. The zero-order valence-electron chi connectivity index (χ0n) is 19.7. The van der Waals surface area contributed by atoms with Crippen molar-refractivity contribution in [2.24, 2.45) is 5.92 Å². The lowest BCUT2D eigenvalue weighted by molar-refractivity contribution is 0.0905. The number of aliphatic hydroxyl groups is 1. The predicted molar refractivity (Wildman–Crippen MR) is 130 cm³/mol. The zero-order chi connectivity index (χ0) is 25.1. The quantitative estimate of drug-likeness (QED) is 0.620. The third-order valence-electron chi connectivity index (χ3n) is 5.80. The largest absolute Gasteiger partial charge is 0.487 e. The van der Waals surface area contributed by atoms with E-state index in [1.165, 1.54) is 21.7 Å². The molecule has 2 aromatic carbocycles. The number of benzene rings is 2. The second-order valence-electron chi connectivity index (χ2n) is 8.56. The second-order valence-corrected chi connectivity index (χ2v) is 12.5. The lowest BCUT2D eigenvalue weighted by atomic mass is 10.0. The third-order valence-corrected chi connectivity index (χ3v) is 9.10. The van der Waals surface area contributed by atoms with Crippen LogP contribution < -0.4 is 4.74 Å². The molecule has 1 heterocycles. The standard InChI is InChI=1S/C24H30N2O6S2/c1-18-15-26(19(2)17-27)34(30,31)24-13-12-21(11-10-20-8-6-5-7-9-20)14-22(24)32-23(18)16-25(3)33(4,28)29/h5-9,12-14,18-19,23,27H,15-17H2,1-4H3/t18-,19-,23-/m0/s1. The van der Waals surface area contributed by atoms with Gasteiger partial charge in [0.2, 0.25) is 20.0 Å². The minimum atomic E-state index is -3.98. The van der Waals surface area contributed by atoms with Crippen LogP contribution in [0, 0.1) is 17.8 Å². The fourth-order valence-corrected chi connectivity index (χ4v) is 5.82. The van der Waals surface area contributed by atoms with E-state index in [1.54, 1.807) is 26.0 Å². The van der Waals surface area contributed by atoms with E-state index in [2.05, 4.69) is 11.8 Å². The van der Waals surface area contributed by atoms with Gasteiger partial charge in [-0.2, -0.15) is 4.31 Å². The van der Waals surface area contributed by atoms with Gasteiger partial charge in [0.15, 0.2) is 0 Å². The van der Waals surface area contributed by atoms with E-state index in [0.29, 0.717) is 5.56 Å². The van der Waals surface area contributed by atoms with Crippen molar-refractivity contribution < 1.29 is 26.7 Å². The van der Waals surface area contributed by atoms with Gasteiger partial charge in [-0.3, -0.25) is 0 Å². The van der Waals surface area contributed by atoms with E-state index in [-0.39, 0.29) is 36.3 Å². The van der Waals surface area contributed by atoms with E-state index < -0.39 is 32.2 Å². The molecule has 0 bridgehead atoms. The highest BCUT2D eigenvalue weighted by Gasteiger charge is 2.38. The minimum Gasteiger partial charge on any atom is -0.487 e. The monoisotopic (exact) mass is 506 g/mol. The molecule has 1 aliphatic heterocycles. The van der Waals surface area contributed by atoms with Gasteiger partial charge >= 0.3 is 0 Å². The van der Waals surface area contributed by atoms with E-state index in [9.17, 15) is 21.9 Å². The van der Waals surface area contributed by atoms with Crippen LogP contribution in [-0.2, 0) is 20.0 Å². The van der Waals surface area contributed by atoms with Crippen molar-refractivity contribution >= 4 is 20.0 Å². The van der Waals surface area contributed by atoms with Gasteiger partial charge in [-0.05, 0) is 37.3 Å². The van der Waals surface area contributed by atoms with Crippen LogP contribution in [0.3, 0.4) is 0 Å². The first-order chi connectivity index (χ1) is 15.9. The number of ether oxygens (including phenoxy) is 1. The van der Waals surface area contributed by atoms with Crippen molar-refractivity contribution in [3.63, 3.8) is 0 Å². The molecule has 1 aliphatic rings. The van der Waals surface area contributed by atoms with Crippen molar-refractivity contribution in [1.29, 1.82) is 0 Å². The van der Waals surface area contributed by atoms with Crippen LogP contribution in [0.15, 0.2) is 53.4 Å². The molecule has 0 aliphatic carbocycles. The van der Waals surface area contributed by atoms with Crippen LogP contribution in [0.5, 0.6) is 5.75 Å². The van der Waals surface area contributed by atoms with Crippen LogP contribution in [0.2, 0.25) is 0 Å². The van der Waals surface area contributed by atoms with Gasteiger partial charge in [-0.25, -0.2) is 21.1 Å². The van der Waals surface area contributed by atoms with Crippen molar-refractivity contribution in [3.8, 4) is 17.6 Å². The Morgan fingerprint density at radius 3 is 2.44 bits per heavy atom. The second kappa shape index (κ2) is 10.5. The van der Waals surface area contributed by atoms with Crippen LogP contribution in [-0.4, -0.2) is 75.7 Å². The number of rotatable bonds is 5. The highest BCUT2D eigenvalue weighted by Crippen LogP contribution is 2.34. The molecule has 0 aromatic heterocycles. The van der Waals surface area contributed by atoms with Gasteiger partial charge in [0.1, 0.15) is 16.7 Å². The Balaban J connectivity index is 2.09. The molecule has 0 amide bonds. The minimum absolute atomic E-state index is 0.0424. The maximum absolute atomic E-state index is 13.5. The predicted octanol–water partition coefficient (Wildman–Crippen LogP) is 1.75. The molecule has 8 nitrogen and oxygen atoms in total. The highest BCUT2D eigenvalue weighted by atomic mass is 32.2. The molecule has 0 radical (unpaired) electrons. The van der Waals surface area contributed by atoms with Gasteiger partial charge in [-0.1, -0.05) is 37.0 Å². The fraction of sp³-hybridized carbons (Fsp3) is 0.417. The molecule has 3 atom stereocenters. The Morgan fingerprint density at radius 2 is 1.82 bits per heavy atom. The lowest BCUT2D eigenvalue weighted by Gasteiger charge is -2.37. The Bertz CT molecular complexity index is 1280.